The number of aryl methyl sites for hydroxylation is 1. The van der Waals surface area contributed by atoms with Crippen LogP contribution in [0.5, 0.6) is 11.5 Å². The third-order valence-corrected chi connectivity index (χ3v) is 4.18. The molecule has 0 saturated heterocycles. The molecule has 0 saturated carbocycles. The van der Waals surface area contributed by atoms with Gasteiger partial charge in [-0.3, -0.25) is 4.79 Å². The van der Waals surface area contributed by atoms with Crippen molar-refractivity contribution in [3.05, 3.63) is 76.9 Å². The first kappa shape index (κ1) is 22.4. The highest BCUT2D eigenvalue weighted by Crippen LogP contribution is 2.25. The number of aromatic nitrogens is 1. The zero-order valence-electron chi connectivity index (χ0n) is 16.2. The molecule has 0 aliphatic carbocycles. The maximum Gasteiger partial charge on any atom is 0.257 e. The number of nitrogens with two attached hydrogens (primary N) is 1. The molecular formula is C21H23ClFN3O3. The molecule has 3 aromatic rings. The smallest absolute Gasteiger partial charge is 0.257 e. The molecule has 0 aliphatic heterocycles. The fraction of sp³-hybridized carbons (Fsp3) is 0.238. The van der Waals surface area contributed by atoms with Crippen LogP contribution in [0.15, 0.2) is 53.1 Å². The first-order valence-corrected chi connectivity index (χ1v) is 8.90. The minimum atomic E-state index is -0.615. The standard InChI is InChI=1S/C21H22FN3O3.ClH/c1-14-11-18(28-24-14)13-25(2)21(26)19-12-17(7-8-20(19)22)27-16-5-3-15(4-6-16)9-10-23;/h3-8,11-12H,9-10,13,23H2,1-2H3;1H. The van der Waals surface area contributed by atoms with Crippen LogP contribution in [0.25, 0.3) is 0 Å². The van der Waals surface area contributed by atoms with Crippen LogP contribution in [-0.2, 0) is 13.0 Å². The Morgan fingerprint density at radius 3 is 2.48 bits per heavy atom. The van der Waals surface area contributed by atoms with E-state index in [0.717, 1.165) is 17.7 Å². The Morgan fingerprint density at radius 2 is 1.86 bits per heavy atom. The summed E-state index contributed by atoms with van der Waals surface area (Å²) in [4.78, 5) is 14.0. The van der Waals surface area contributed by atoms with Gasteiger partial charge in [-0.15, -0.1) is 12.4 Å². The van der Waals surface area contributed by atoms with Crippen LogP contribution >= 0.6 is 12.4 Å². The van der Waals surface area contributed by atoms with Crippen LogP contribution in [0.3, 0.4) is 0 Å². The quantitative estimate of drug-likeness (QED) is 0.623. The minimum absolute atomic E-state index is 0. The summed E-state index contributed by atoms with van der Waals surface area (Å²) in [5.74, 6) is 0.404. The zero-order valence-corrected chi connectivity index (χ0v) is 17.0. The van der Waals surface area contributed by atoms with Gasteiger partial charge < -0.3 is 19.9 Å². The molecule has 0 bridgehead atoms. The third-order valence-electron chi connectivity index (χ3n) is 4.18. The summed E-state index contributed by atoms with van der Waals surface area (Å²) in [6.45, 7) is 2.55. The summed E-state index contributed by atoms with van der Waals surface area (Å²) in [5.41, 5.74) is 7.29. The fourth-order valence-corrected chi connectivity index (χ4v) is 2.76. The lowest BCUT2D eigenvalue weighted by atomic mass is 10.1. The molecule has 0 unspecified atom stereocenters. The molecule has 154 valence electrons. The van der Waals surface area contributed by atoms with E-state index in [9.17, 15) is 9.18 Å². The van der Waals surface area contributed by atoms with E-state index >= 15 is 0 Å². The normalized spacial score (nSPS) is 10.3. The highest BCUT2D eigenvalue weighted by Gasteiger charge is 2.19. The number of amides is 1. The molecule has 1 amide bonds. The minimum Gasteiger partial charge on any atom is -0.457 e. The number of ether oxygens (including phenoxy) is 1. The maximum atomic E-state index is 14.2. The van der Waals surface area contributed by atoms with Crippen molar-refractivity contribution >= 4 is 18.3 Å². The molecule has 0 radical (unpaired) electrons. The first-order chi connectivity index (χ1) is 13.5. The second kappa shape index (κ2) is 10.0. The van der Waals surface area contributed by atoms with Crippen LogP contribution in [0.1, 0.15) is 27.4 Å². The Hall–Kier alpha value is -2.90. The van der Waals surface area contributed by atoms with E-state index in [1.54, 1.807) is 20.0 Å². The second-order valence-electron chi connectivity index (χ2n) is 6.52. The third kappa shape index (κ3) is 5.79. The number of carbonyl (C=O) groups is 1. The van der Waals surface area contributed by atoms with Gasteiger partial charge in [0.1, 0.15) is 17.3 Å². The van der Waals surface area contributed by atoms with Gasteiger partial charge in [-0.1, -0.05) is 17.3 Å². The molecule has 0 fully saturated rings. The molecule has 8 heteroatoms. The van der Waals surface area contributed by atoms with Crippen molar-refractivity contribution in [2.24, 2.45) is 5.73 Å². The van der Waals surface area contributed by atoms with Gasteiger partial charge in [0.25, 0.3) is 5.91 Å². The molecule has 6 nitrogen and oxygen atoms in total. The lowest BCUT2D eigenvalue weighted by Gasteiger charge is -2.16. The van der Waals surface area contributed by atoms with Crippen LogP contribution in [0, 0.1) is 12.7 Å². The number of hydrogen-bond donors (Lipinski definition) is 1. The summed E-state index contributed by atoms with van der Waals surface area (Å²) in [7, 11) is 1.57. The molecule has 2 aromatic carbocycles. The summed E-state index contributed by atoms with van der Waals surface area (Å²) < 4.78 is 25.1. The van der Waals surface area contributed by atoms with E-state index in [2.05, 4.69) is 5.16 Å². The SMILES string of the molecule is Cc1cc(CN(C)C(=O)c2cc(Oc3ccc(CCN)cc3)ccc2F)on1.Cl. The van der Waals surface area contributed by atoms with Gasteiger partial charge in [-0.25, -0.2) is 4.39 Å². The van der Waals surface area contributed by atoms with Crippen molar-refractivity contribution in [3.8, 4) is 11.5 Å². The maximum absolute atomic E-state index is 14.2. The van der Waals surface area contributed by atoms with Gasteiger partial charge in [0.2, 0.25) is 0 Å². The molecule has 1 heterocycles. The zero-order chi connectivity index (χ0) is 20.1. The predicted molar refractivity (Wildman–Crippen MR) is 110 cm³/mol. The van der Waals surface area contributed by atoms with Crippen LogP contribution < -0.4 is 10.5 Å². The van der Waals surface area contributed by atoms with E-state index in [4.69, 9.17) is 15.0 Å². The van der Waals surface area contributed by atoms with Crippen molar-refractivity contribution in [2.45, 2.75) is 19.9 Å². The number of rotatable bonds is 7. The average Bonchev–Trinajstić information content (AvgIpc) is 3.09. The van der Waals surface area contributed by atoms with E-state index in [-0.39, 0.29) is 24.5 Å². The molecule has 0 aliphatic rings. The van der Waals surface area contributed by atoms with Crippen molar-refractivity contribution in [2.75, 3.05) is 13.6 Å². The van der Waals surface area contributed by atoms with E-state index < -0.39 is 11.7 Å². The predicted octanol–water partition coefficient (Wildman–Crippen LogP) is 4.11. The van der Waals surface area contributed by atoms with E-state index in [0.29, 0.717) is 23.8 Å². The van der Waals surface area contributed by atoms with Gasteiger partial charge in [-0.05, 0) is 55.8 Å². The molecule has 3 rings (SSSR count). The topological polar surface area (TPSA) is 81.6 Å². The molecule has 29 heavy (non-hydrogen) atoms. The Morgan fingerprint density at radius 1 is 1.17 bits per heavy atom. The molecule has 2 N–H and O–H groups in total. The summed E-state index contributed by atoms with van der Waals surface area (Å²) in [6.07, 6.45) is 0.784. The Kier molecular flexibility index (Phi) is 7.75. The number of nitrogens with zero attached hydrogens (tertiary/aromatic N) is 2. The monoisotopic (exact) mass is 419 g/mol. The van der Waals surface area contributed by atoms with Gasteiger partial charge in [0.15, 0.2) is 5.76 Å². The summed E-state index contributed by atoms with van der Waals surface area (Å²) >= 11 is 0. The Bertz CT molecular complexity index is 960. The molecular weight excluding hydrogens is 397 g/mol. The van der Waals surface area contributed by atoms with Crippen molar-refractivity contribution < 1.29 is 18.4 Å². The van der Waals surface area contributed by atoms with Gasteiger partial charge in [0, 0.05) is 13.1 Å². The number of benzene rings is 2. The Labute approximate surface area is 174 Å². The van der Waals surface area contributed by atoms with Crippen LogP contribution in [0.4, 0.5) is 4.39 Å². The van der Waals surface area contributed by atoms with E-state index in [1.165, 1.54) is 23.1 Å². The second-order valence-corrected chi connectivity index (χ2v) is 6.52. The number of halogens is 2. The van der Waals surface area contributed by atoms with Crippen LogP contribution in [-0.4, -0.2) is 29.6 Å². The van der Waals surface area contributed by atoms with Gasteiger partial charge in [0.05, 0.1) is 17.8 Å². The van der Waals surface area contributed by atoms with Crippen molar-refractivity contribution in [1.29, 1.82) is 0 Å². The fourth-order valence-electron chi connectivity index (χ4n) is 2.76. The molecule has 0 spiro atoms. The van der Waals surface area contributed by atoms with Gasteiger partial charge in [-0.2, -0.15) is 0 Å². The van der Waals surface area contributed by atoms with Crippen molar-refractivity contribution in [1.82, 2.24) is 10.1 Å². The molecule has 0 atom stereocenters. The number of carbonyl (C=O) groups excluding carboxylic acids is 1. The summed E-state index contributed by atoms with van der Waals surface area (Å²) in [5, 5.41) is 3.78. The highest BCUT2D eigenvalue weighted by molar-refractivity contribution is 5.94. The highest BCUT2D eigenvalue weighted by atomic mass is 35.5. The molecule has 1 aromatic heterocycles. The number of hydrogen-bond acceptors (Lipinski definition) is 5. The average molecular weight is 420 g/mol. The lowest BCUT2D eigenvalue weighted by molar-refractivity contribution is 0.0767. The summed E-state index contributed by atoms with van der Waals surface area (Å²) in [6, 6.07) is 13.3. The first-order valence-electron chi connectivity index (χ1n) is 8.90. The van der Waals surface area contributed by atoms with Crippen LogP contribution in [0.2, 0.25) is 0 Å². The van der Waals surface area contributed by atoms with Crippen molar-refractivity contribution in [3.63, 3.8) is 0 Å². The largest absolute Gasteiger partial charge is 0.457 e. The van der Waals surface area contributed by atoms with E-state index in [1.807, 2.05) is 24.3 Å². The Balaban J connectivity index is 0.00000300. The van der Waals surface area contributed by atoms with Gasteiger partial charge >= 0.3 is 0 Å². The lowest BCUT2D eigenvalue weighted by Crippen LogP contribution is -2.26.